The van der Waals surface area contributed by atoms with Gasteiger partial charge in [0.2, 0.25) is 5.91 Å². The number of nitrogens with one attached hydrogen (secondary N) is 1. The average molecular weight is 388 g/mol. The topological polar surface area (TPSA) is 51.1 Å². The van der Waals surface area contributed by atoms with Crippen molar-refractivity contribution in [2.24, 2.45) is 0 Å². The van der Waals surface area contributed by atoms with E-state index in [0.717, 1.165) is 11.5 Å². The van der Waals surface area contributed by atoms with Gasteiger partial charge < -0.3 is 9.88 Å². The molecule has 0 unspecified atom stereocenters. The Hall–Kier alpha value is -3.09. The first-order chi connectivity index (χ1) is 13.3. The third-order valence-electron chi connectivity index (χ3n) is 4.39. The number of anilines is 1. The summed E-state index contributed by atoms with van der Waals surface area (Å²) >= 11 is 0. The van der Waals surface area contributed by atoms with Gasteiger partial charge in [-0.3, -0.25) is 9.59 Å². The van der Waals surface area contributed by atoms with Crippen molar-refractivity contribution >= 4 is 28.3 Å². The van der Waals surface area contributed by atoms with Crippen molar-refractivity contribution in [2.75, 3.05) is 5.32 Å². The molecule has 0 spiro atoms. The average Bonchev–Trinajstić information content (AvgIpc) is 3.00. The molecule has 0 fully saturated rings. The van der Waals surface area contributed by atoms with Crippen LogP contribution in [-0.2, 0) is 17.5 Å². The van der Waals surface area contributed by atoms with Crippen LogP contribution in [0.15, 0.2) is 54.7 Å². The van der Waals surface area contributed by atoms with Crippen molar-refractivity contribution in [3.05, 3.63) is 65.9 Å². The maximum Gasteiger partial charge on any atom is 0.418 e. The van der Waals surface area contributed by atoms with Crippen LogP contribution >= 0.6 is 0 Å². The van der Waals surface area contributed by atoms with Gasteiger partial charge in [-0.25, -0.2) is 0 Å². The summed E-state index contributed by atoms with van der Waals surface area (Å²) in [4.78, 5) is 24.8. The standard InChI is InChI=1S/C21H19F3N2O2/c1-2-7-19(27)15-12-26(18-11-6-3-8-14(15)18)13-20(28)25-17-10-5-4-9-16(17)21(22,23)24/h3-6,8-12H,2,7,13H2,1H3,(H,25,28). The number of carbonyl (C=O) groups excluding carboxylic acids is 2. The van der Waals surface area contributed by atoms with Crippen LogP contribution in [0.5, 0.6) is 0 Å². The highest BCUT2D eigenvalue weighted by Gasteiger charge is 2.33. The zero-order chi connectivity index (χ0) is 20.3. The summed E-state index contributed by atoms with van der Waals surface area (Å²) in [5.74, 6) is -0.632. The first-order valence-electron chi connectivity index (χ1n) is 8.88. The second-order valence-electron chi connectivity index (χ2n) is 6.45. The van der Waals surface area contributed by atoms with E-state index in [9.17, 15) is 22.8 Å². The Labute approximate surface area is 160 Å². The minimum Gasteiger partial charge on any atom is -0.337 e. The predicted molar refractivity (Wildman–Crippen MR) is 101 cm³/mol. The largest absolute Gasteiger partial charge is 0.418 e. The SMILES string of the molecule is CCCC(=O)c1cn(CC(=O)Nc2ccccc2C(F)(F)F)c2ccccc12. The third kappa shape index (κ3) is 4.08. The zero-order valence-corrected chi connectivity index (χ0v) is 15.2. The first kappa shape index (κ1) is 19.7. The molecule has 2 aromatic carbocycles. The highest BCUT2D eigenvalue weighted by molar-refractivity contribution is 6.08. The summed E-state index contributed by atoms with van der Waals surface area (Å²) in [7, 11) is 0. The van der Waals surface area contributed by atoms with E-state index < -0.39 is 17.6 Å². The molecule has 0 bridgehead atoms. The molecule has 0 atom stereocenters. The molecular formula is C21H19F3N2O2. The third-order valence-corrected chi connectivity index (χ3v) is 4.39. The lowest BCUT2D eigenvalue weighted by Gasteiger charge is -2.14. The highest BCUT2D eigenvalue weighted by Crippen LogP contribution is 2.34. The van der Waals surface area contributed by atoms with Crippen molar-refractivity contribution in [2.45, 2.75) is 32.5 Å². The van der Waals surface area contributed by atoms with Crippen LogP contribution < -0.4 is 5.32 Å². The van der Waals surface area contributed by atoms with Crippen LogP contribution in [0.2, 0.25) is 0 Å². The smallest absolute Gasteiger partial charge is 0.337 e. The minimum atomic E-state index is -4.57. The molecule has 146 valence electrons. The van der Waals surface area contributed by atoms with Crippen molar-refractivity contribution < 1.29 is 22.8 Å². The molecule has 3 aromatic rings. The predicted octanol–water partition coefficient (Wildman–Crippen LogP) is 5.28. The van der Waals surface area contributed by atoms with Gasteiger partial charge >= 0.3 is 6.18 Å². The van der Waals surface area contributed by atoms with Gasteiger partial charge in [-0.15, -0.1) is 0 Å². The number of hydrogen-bond acceptors (Lipinski definition) is 2. The Morgan fingerprint density at radius 3 is 2.43 bits per heavy atom. The van der Waals surface area contributed by atoms with Gasteiger partial charge in [-0.1, -0.05) is 37.3 Å². The molecule has 1 aromatic heterocycles. The molecule has 4 nitrogen and oxygen atoms in total. The number of halogens is 3. The summed E-state index contributed by atoms with van der Waals surface area (Å²) < 4.78 is 40.9. The molecule has 1 amide bonds. The number of Topliss-reactive ketones (excluding diaryl/α,β-unsaturated/α-hetero) is 1. The summed E-state index contributed by atoms with van der Waals surface area (Å²) in [6, 6.07) is 12.0. The summed E-state index contributed by atoms with van der Waals surface area (Å²) in [5, 5.41) is 3.06. The molecule has 0 radical (unpaired) electrons. The maximum atomic E-state index is 13.1. The van der Waals surface area contributed by atoms with E-state index in [2.05, 4.69) is 5.32 Å². The lowest BCUT2D eigenvalue weighted by Crippen LogP contribution is -2.20. The van der Waals surface area contributed by atoms with Gasteiger partial charge in [-0.2, -0.15) is 13.2 Å². The normalized spacial score (nSPS) is 11.6. The zero-order valence-electron chi connectivity index (χ0n) is 15.2. The number of nitrogens with zero attached hydrogens (tertiary/aromatic N) is 1. The number of rotatable bonds is 6. The molecule has 28 heavy (non-hydrogen) atoms. The Morgan fingerprint density at radius 2 is 1.71 bits per heavy atom. The molecule has 0 saturated heterocycles. The fourth-order valence-electron chi connectivity index (χ4n) is 3.15. The number of para-hydroxylation sites is 2. The number of carbonyl (C=O) groups is 2. The second kappa shape index (κ2) is 7.88. The number of aromatic nitrogens is 1. The summed E-state index contributed by atoms with van der Waals surface area (Å²) in [6.07, 6.45) is -1.88. The Balaban J connectivity index is 1.88. The summed E-state index contributed by atoms with van der Waals surface area (Å²) in [6.45, 7) is 1.70. The Kier molecular flexibility index (Phi) is 5.53. The maximum absolute atomic E-state index is 13.1. The van der Waals surface area contributed by atoms with Gasteiger partial charge in [0, 0.05) is 29.1 Å². The van der Waals surface area contributed by atoms with E-state index in [-0.39, 0.29) is 18.0 Å². The molecule has 1 heterocycles. The van der Waals surface area contributed by atoms with E-state index in [1.54, 1.807) is 35.0 Å². The van der Waals surface area contributed by atoms with Crippen molar-refractivity contribution in [1.82, 2.24) is 4.57 Å². The van der Waals surface area contributed by atoms with Gasteiger partial charge in [-0.05, 0) is 24.6 Å². The van der Waals surface area contributed by atoms with Crippen molar-refractivity contribution in [1.29, 1.82) is 0 Å². The van der Waals surface area contributed by atoms with Gasteiger partial charge in [0.05, 0.1) is 11.3 Å². The number of fused-ring (bicyclic) bond motifs is 1. The molecular weight excluding hydrogens is 369 g/mol. The fourth-order valence-corrected chi connectivity index (χ4v) is 3.15. The van der Waals surface area contributed by atoms with E-state index in [1.807, 2.05) is 6.92 Å². The Bertz CT molecular complexity index is 1020. The van der Waals surface area contributed by atoms with Crippen LogP contribution in [0.1, 0.15) is 35.7 Å². The Morgan fingerprint density at radius 1 is 1.04 bits per heavy atom. The van der Waals surface area contributed by atoms with Crippen LogP contribution in [0, 0.1) is 0 Å². The number of alkyl halides is 3. The number of benzene rings is 2. The second-order valence-corrected chi connectivity index (χ2v) is 6.45. The lowest BCUT2D eigenvalue weighted by atomic mass is 10.1. The number of hydrogen-bond donors (Lipinski definition) is 1. The molecule has 0 aliphatic carbocycles. The molecule has 1 N–H and O–H groups in total. The molecule has 3 rings (SSSR count). The molecule has 0 saturated carbocycles. The van der Waals surface area contributed by atoms with Gasteiger partial charge in [0.15, 0.2) is 5.78 Å². The fraction of sp³-hybridized carbons (Fsp3) is 0.238. The quantitative estimate of drug-likeness (QED) is 0.584. The molecule has 0 aliphatic rings. The van der Waals surface area contributed by atoms with E-state index >= 15 is 0 Å². The molecule has 7 heteroatoms. The minimum absolute atomic E-state index is 0.0275. The van der Waals surface area contributed by atoms with E-state index in [0.29, 0.717) is 23.9 Å². The molecule has 0 aliphatic heterocycles. The number of ketones is 1. The highest BCUT2D eigenvalue weighted by atomic mass is 19.4. The number of amides is 1. The van der Waals surface area contributed by atoms with Crippen LogP contribution in [0.4, 0.5) is 18.9 Å². The van der Waals surface area contributed by atoms with Crippen LogP contribution in [-0.4, -0.2) is 16.3 Å². The summed E-state index contributed by atoms with van der Waals surface area (Å²) in [5.41, 5.74) is 0.000391. The van der Waals surface area contributed by atoms with E-state index in [1.165, 1.54) is 18.2 Å². The van der Waals surface area contributed by atoms with E-state index in [4.69, 9.17) is 0 Å². The van der Waals surface area contributed by atoms with Crippen LogP contribution in [0.3, 0.4) is 0 Å². The monoisotopic (exact) mass is 388 g/mol. The van der Waals surface area contributed by atoms with Crippen molar-refractivity contribution in [3.63, 3.8) is 0 Å². The van der Waals surface area contributed by atoms with Gasteiger partial charge in [0.25, 0.3) is 0 Å². The van der Waals surface area contributed by atoms with Gasteiger partial charge in [0.1, 0.15) is 6.54 Å². The first-order valence-corrected chi connectivity index (χ1v) is 8.88. The lowest BCUT2D eigenvalue weighted by molar-refractivity contribution is -0.137. The van der Waals surface area contributed by atoms with Crippen molar-refractivity contribution in [3.8, 4) is 0 Å². The van der Waals surface area contributed by atoms with Crippen LogP contribution in [0.25, 0.3) is 10.9 Å².